The number of thioether (sulfide) groups is 1. The van der Waals surface area contributed by atoms with Crippen LogP contribution in [0.3, 0.4) is 0 Å². The van der Waals surface area contributed by atoms with Crippen molar-refractivity contribution in [3.05, 3.63) is 23.8 Å². The smallest absolute Gasteiger partial charge is 0.481 e. The molecule has 118 valence electrons. The van der Waals surface area contributed by atoms with Gasteiger partial charge in [0.1, 0.15) is 0 Å². The molecule has 10 heteroatoms. The molecule has 1 aromatic rings. The van der Waals surface area contributed by atoms with E-state index in [1.54, 1.807) is 6.92 Å². The molecule has 0 fully saturated rings. The lowest BCUT2D eigenvalue weighted by Crippen LogP contribution is -2.25. The molecule has 1 aliphatic heterocycles. The lowest BCUT2D eigenvalue weighted by molar-refractivity contribution is -0.286. The van der Waals surface area contributed by atoms with Crippen LogP contribution in [0.1, 0.15) is 12.5 Å². The van der Waals surface area contributed by atoms with Gasteiger partial charge in [0.2, 0.25) is 0 Å². The number of nitrogens with zero attached hydrogens (tertiary/aromatic N) is 2. The fraction of sp³-hybridized carbons (Fsp3) is 0.250. The summed E-state index contributed by atoms with van der Waals surface area (Å²) in [5.74, 6) is -1.43. The van der Waals surface area contributed by atoms with E-state index in [9.17, 15) is 13.6 Å². The molecule has 0 aliphatic carbocycles. The number of carboxylic acid groups (broad SMARTS) is 1. The Morgan fingerprint density at radius 3 is 2.73 bits per heavy atom. The molecule has 2 rings (SSSR count). The summed E-state index contributed by atoms with van der Waals surface area (Å²) < 4.78 is 34.4. The van der Waals surface area contributed by atoms with Crippen LogP contribution in [0.25, 0.3) is 0 Å². The van der Waals surface area contributed by atoms with Crippen molar-refractivity contribution in [2.75, 3.05) is 5.75 Å². The van der Waals surface area contributed by atoms with Gasteiger partial charge in [0.25, 0.3) is 0 Å². The third-order valence-corrected chi connectivity index (χ3v) is 3.23. The number of rotatable bonds is 4. The van der Waals surface area contributed by atoms with Gasteiger partial charge in [-0.3, -0.25) is 4.79 Å². The standard InChI is InChI=1S/C12H11F2N3O4S/c1-6(16-17-11(15)22-5-10(18)19)7-2-3-8-9(4-7)21-12(13,14)20-8/h2-4H,5H2,1H3,(H2,15,17)(H,18,19)/b16-6+. The Balaban J connectivity index is 2.11. The van der Waals surface area contributed by atoms with E-state index in [0.29, 0.717) is 11.3 Å². The third-order valence-electron chi connectivity index (χ3n) is 2.46. The fourth-order valence-electron chi connectivity index (χ4n) is 1.52. The molecule has 0 amide bonds. The van der Waals surface area contributed by atoms with Crippen molar-refractivity contribution >= 4 is 28.6 Å². The number of aliphatic carboxylic acids is 1. The maximum absolute atomic E-state index is 12.9. The van der Waals surface area contributed by atoms with Crippen molar-refractivity contribution in [3.63, 3.8) is 0 Å². The van der Waals surface area contributed by atoms with Gasteiger partial charge in [-0.1, -0.05) is 11.8 Å². The molecular formula is C12H11F2N3O4S. The highest BCUT2D eigenvalue weighted by atomic mass is 32.2. The van der Waals surface area contributed by atoms with E-state index >= 15 is 0 Å². The topological polar surface area (TPSA) is 107 Å². The van der Waals surface area contributed by atoms with Crippen LogP contribution in [0.15, 0.2) is 28.4 Å². The molecule has 1 aromatic carbocycles. The van der Waals surface area contributed by atoms with Crippen LogP contribution in [0, 0.1) is 0 Å². The molecule has 22 heavy (non-hydrogen) atoms. The molecule has 0 bridgehead atoms. The van der Waals surface area contributed by atoms with Crippen LogP contribution in [0.5, 0.6) is 11.5 Å². The average molecular weight is 331 g/mol. The molecule has 0 saturated carbocycles. The zero-order valence-electron chi connectivity index (χ0n) is 11.2. The molecule has 1 aliphatic rings. The SMILES string of the molecule is C/C(=N\N=C(/N)SCC(=O)O)c1ccc2c(c1)OC(F)(F)O2. The van der Waals surface area contributed by atoms with E-state index in [-0.39, 0.29) is 22.4 Å². The number of fused-ring (bicyclic) bond motifs is 1. The van der Waals surface area contributed by atoms with Crippen molar-refractivity contribution < 1.29 is 28.2 Å². The van der Waals surface area contributed by atoms with Gasteiger partial charge in [0.05, 0.1) is 11.5 Å². The van der Waals surface area contributed by atoms with Crippen LogP contribution in [0.2, 0.25) is 0 Å². The summed E-state index contributed by atoms with van der Waals surface area (Å²) in [6.45, 7) is 1.59. The van der Waals surface area contributed by atoms with Crippen LogP contribution >= 0.6 is 11.8 Å². The number of carboxylic acids is 1. The quantitative estimate of drug-likeness (QED) is 0.495. The van der Waals surface area contributed by atoms with Crippen LogP contribution < -0.4 is 15.2 Å². The molecule has 0 unspecified atom stereocenters. The highest BCUT2D eigenvalue weighted by molar-refractivity contribution is 8.14. The van der Waals surface area contributed by atoms with Gasteiger partial charge in [-0.25, -0.2) is 0 Å². The Kier molecular flexibility index (Phi) is 4.50. The number of ether oxygens (including phenoxy) is 2. The number of hydrogen-bond donors (Lipinski definition) is 2. The molecule has 0 spiro atoms. The fourth-order valence-corrected chi connectivity index (χ4v) is 1.89. The molecular weight excluding hydrogens is 320 g/mol. The molecule has 0 aromatic heterocycles. The number of amidine groups is 1. The van der Waals surface area contributed by atoms with Crippen molar-refractivity contribution in [1.29, 1.82) is 0 Å². The lowest BCUT2D eigenvalue weighted by atomic mass is 10.1. The van der Waals surface area contributed by atoms with Gasteiger partial charge in [0.15, 0.2) is 16.7 Å². The van der Waals surface area contributed by atoms with Crippen LogP contribution in [-0.2, 0) is 4.79 Å². The Bertz CT molecular complexity index is 664. The summed E-state index contributed by atoms with van der Waals surface area (Å²) in [6, 6.07) is 4.18. The predicted octanol–water partition coefficient (Wildman–Crippen LogP) is 1.86. The Hall–Kier alpha value is -2.36. The summed E-state index contributed by atoms with van der Waals surface area (Å²) in [4.78, 5) is 10.4. The zero-order chi connectivity index (χ0) is 16.3. The minimum atomic E-state index is -3.68. The van der Waals surface area contributed by atoms with E-state index < -0.39 is 12.3 Å². The van der Waals surface area contributed by atoms with Crippen molar-refractivity contribution in [2.24, 2.45) is 15.9 Å². The van der Waals surface area contributed by atoms with E-state index in [1.807, 2.05) is 0 Å². The predicted molar refractivity (Wildman–Crippen MR) is 76.6 cm³/mol. The number of nitrogens with two attached hydrogens (primary N) is 1. The van der Waals surface area contributed by atoms with Crippen LogP contribution in [0.4, 0.5) is 8.78 Å². The van der Waals surface area contributed by atoms with Gasteiger partial charge in [-0.2, -0.15) is 5.10 Å². The maximum Gasteiger partial charge on any atom is 0.586 e. The lowest BCUT2D eigenvalue weighted by Gasteiger charge is -2.04. The van der Waals surface area contributed by atoms with Crippen molar-refractivity contribution in [2.45, 2.75) is 13.2 Å². The van der Waals surface area contributed by atoms with Gasteiger partial charge < -0.3 is 20.3 Å². The van der Waals surface area contributed by atoms with Gasteiger partial charge in [0, 0.05) is 5.56 Å². The minimum Gasteiger partial charge on any atom is -0.481 e. The molecule has 1 heterocycles. The second-order valence-corrected chi connectivity index (χ2v) is 5.13. The highest BCUT2D eigenvalue weighted by Crippen LogP contribution is 2.41. The zero-order valence-corrected chi connectivity index (χ0v) is 12.1. The van der Waals surface area contributed by atoms with E-state index in [4.69, 9.17) is 10.8 Å². The number of halogens is 2. The van der Waals surface area contributed by atoms with Gasteiger partial charge >= 0.3 is 12.3 Å². The second-order valence-electron chi connectivity index (χ2n) is 4.14. The Morgan fingerprint density at radius 1 is 1.36 bits per heavy atom. The third kappa shape index (κ3) is 4.07. The van der Waals surface area contributed by atoms with Crippen molar-refractivity contribution in [1.82, 2.24) is 0 Å². The average Bonchev–Trinajstić information content (AvgIpc) is 2.75. The van der Waals surface area contributed by atoms with E-state index in [1.165, 1.54) is 18.2 Å². The van der Waals surface area contributed by atoms with Crippen molar-refractivity contribution in [3.8, 4) is 11.5 Å². The molecule has 0 radical (unpaired) electrons. The Labute approximate surface area is 127 Å². The molecule has 3 N–H and O–H groups in total. The number of benzene rings is 1. The summed E-state index contributed by atoms with van der Waals surface area (Å²) in [5.41, 5.74) is 6.35. The van der Waals surface area contributed by atoms with Gasteiger partial charge in [-0.15, -0.1) is 13.9 Å². The van der Waals surface area contributed by atoms with E-state index in [2.05, 4.69) is 19.7 Å². The first-order valence-corrected chi connectivity index (χ1v) is 6.88. The Morgan fingerprint density at radius 2 is 2.05 bits per heavy atom. The minimum absolute atomic E-state index is 0.0194. The number of alkyl halides is 2. The summed E-state index contributed by atoms with van der Waals surface area (Å²) in [5, 5.41) is 15.9. The summed E-state index contributed by atoms with van der Waals surface area (Å²) in [7, 11) is 0. The molecule has 0 saturated heterocycles. The summed E-state index contributed by atoms with van der Waals surface area (Å²) >= 11 is 0.819. The first kappa shape index (κ1) is 16.0. The second kappa shape index (κ2) is 6.18. The normalized spacial score (nSPS) is 16.7. The highest BCUT2D eigenvalue weighted by Gasteiger charge is 2.43. The maximum atomic E-state index is 12.9. The first-order chi connectivity index (χ1) is 10.3. The molecule has 0 atom stereocenters. The largest absolute Gasteiger partial charge is 0.586 e. The van der Waals surface area contributed by atoms with Gasteiger partial charge in [-0.05, 0) is 25.1 Å². The number of carbonyl (C=O) groups is 1. The summed E-state index contributed by atoms with van der Waals surface area (Å²) in [6.07, 6.45) is -3.68. The van der Waals surface area contributed by atoms with Crippen LogP contribution in [-0.4, -0.2) is 34.0 Å². The van der Waals surface area contributed by atoms with E-state index in [0.717, 1.165) is 11.8 Å². The number of hydrogen-bond acceptors (Lipinski definition) is 6. The monoisotopic (exact) mass is 331 g/mol. The molecule has 7 nitrogen and oxygen atoms in total. The first-order valence-electron chi connectivity index (χ1n) is 5.89.